The molecule has 0 N–H and O–H groups in total. The molecule has 2 heterocycles. The summed E-state index contributed by atoms with van der Waals surface area (Å²) in [6.45, 7) is 1.91. The highest BCUT2D eigenvalue weighted by molar-refractivity contribution is 14.1. The molecule has 2 aromatic carbocycles. The Balaban J connectivity index is 1.56. The fourth-order valence-corrected chi connectivity index (χ4v) is 3.72. The number of aromatic nitrogens is 1. The Hall–Kier alpha value is -1.76. The van der Waals surface area contributed by atoms with E-state index in [1.54, 1.807) is 0 Å². The second-order valence-electron chi connectivity index (χ2n) is 5.90. The number of para-hydroxylation sites is 2. The molecule has 118 valence electrons. The van der Waals surface area contributed by atoms with Gasteiger partial charge in [-0.25, -0.2) is 4.79 Å². The minimum absolute atomic E-state index is 0.214. The molecular formula is C18H17IN2O2. The topological polar surface area (TPSA) is 38.4 Å². The Bertz CT molecular complexity index is 874. The van der Waals surface area contributed by atoms with E-state index >= 15 is 0 Å². The molecule has 5 heteroatoms. The summed E-state index contributed by atoms with van der Waals surface area (Å²) >= 11 is 2.32. The molecule has 0 spiro atoms. The van der Waals surface area contributed by atoms with Crippen LogP contribution < -0.4 is 10.7 Å². The molecule has 0 aliphatic carbocycles. The fraction of sp³-hybridized carbons (Fsp3) is 0.278. The number of nitrogens with zero attached hydrogens (tertiary/aromatic N) is 2. The van der Waals surface area contributed by atoms with Gasteiger partial charge in [-0.2, -0.15) is 0 Å². The predicted octanol–water partition coefficient (Wildman–Crippen LogP) is 4.04. The second kappa shape index (κ2) is 6.03. The Morgan fingerprint density at radius 2 is 1.70 bits per heavy atom. The fourth-order valence-electron chi connectivity index (χ4n) is 3.36. The van der Waals surface area contributed by atoms with E-state index in [-0.39, 0.29) is 11.8 Å². The maximum absolute atomic E-state index is 12.2. The SMILES string of the molecule is O=c1oc2ccccc2n1C1CCN(c2ccc(I)cc2)CC1. The summed E-state index contributed by atoms with van der Waals surface area (Å²) in [6.07, 6.45) is 1.91. The van der Waals surface area contributed by atoms with Gasteiger partial charge in [0.05, 0.1) is 5.52 Å². The Morgan fingerprint density at radius 1 is 1.00 bits per heavy atom. The first-order chi connectivity index (χ1) is 11.2. The van der Waals surface area contributed by atoms with Gasteiger partial charge in [-0.05, 0) is 71.8 Å². The lowest BCUT2D eigenvalue weighted by atomic mass is 10.0. The number of anilines is 1. The molecule has 23 heavy (non-hydrogen) atoms. The molecule has 4 rings (SSSR count). The Morgan fingerprint density at radius 3 is 2.43 bits per heavy atom. The van der Waals surface area contributed by atoms with Crippen LogP contribution in [0.15, 0.2) is 57.7 Å². The monoisotopic (exact) mass is 420 g/mol. The number of oxazole rings is 1. The van der Waals surface area contributed by atoms with Crippen molar-refractivity contribution in [2.75, 3.05) is 18.0 Å². The van der Waals surface area contributed by atoms with Gasteiger partial charge in [-0.1, -0.05) is 12.1 Å². The van der Waals surface area contributed by atoms with Gasteiger partial charge in [-0.3, -0.25) is 4.57 Å². The molecule has 0 amide bonds. The third kappa shape index (κ3) is 2.78. The van der Waals surface area contributed by atoms with Crippen LogP contribution in [-0.4, -0.2) is 17.7 Å². The predicted molar refractivity (Wildman–Crippen MR) is 100 cm³/mol. The molecule has 3 aromatic rings. The van der Waals surface area contributed by atoms with E-state index in [0.717, 1.165) is 31.4 Å². The minimum Gasteiger partial charge on any atom is -0.408 e. The highest BCUT2D eigenvalue weighted by atomic mass is 127. The van der Waals surface area contributed by atoms with Gasteiger partial charge in [0.1, 0.15) is 0 Å². The van der Waals surface area contributed by atoms with Gasteiger partial charge in [0.15, 0.2) is 5.58 Å². The first-order valence-corrected chi connectivity index (χ1v) is 8.91. The summed E-state index contributed by atoms with van der Waals surface area (Å²) in [5, 5.41) is 0. The van der Waals surface area contributed by atoms with Gasteiger partial charge in [0, 0.05) is 28.4 Å². The van der Waals surface area contributed by atoms with E-state index in [0.29, 0.717) is 5.58 Å². The number of piperidine rings is 1. The summed E-state index contributed by atoms with van der Waals surface area (Å²) in [7, 11) is 0. The van der Waals surface area contributed by atoms with Gasteiger partial charge in [0.25, 0.3) is 0 Å². The molecule has 1 saturated heterocycles. The smallest absolute Gasteiger partial charge is 0.408 e. The maximum Gasteiger partial charge on any atom is 0.420 e. The average molecular weight is 420 g/mol. The van der Waals surface area contributed by atoms with E-state index < -0.39 is 0 Å². The van der Waals surface area contributed by atoms with Crippen molar-refractivity contribution < 1.29 is 4.42 Å². The molecule has 0 unspecified atom stereocenters. The third-order valence-electron chi connectivity index (χ3n) is 4.54. The van der Waals surface area contributed by atoms with Crippen molar-refractivity contribution >= 4 is 39.4 Å². The second-order valence-corrected chi connectivity index (χ2v) is 7.15. The molecule has 1 aliphatic heterocycles. The first-order valence-electron chi connectivity index (χ1n) is 7.83. The van der Waals surface area contributed by atoms with Crippen LogP contribution in [0.3, 0.4) is 0 Å². The van der Waals surface area contributed by atoms with Gasteiger partial charge >= 0.3 is 5.76 Å². The Labute approximate surface area is 147 Å². The minimum atomic E-state index is -0.237. The summed E-state index contributed by atoms with van der Waals surface area (Å²) in [5.74, 6) is -0.237. The molecule has 4 nitrogen and oxygen atoms in total. The van der Waals surface area contributed by atoms with Crippen LogP contribution >= 0.6 is 22.6 Å². The van der Waals surface area contributed by atoms with Crippen molar-refractivity contribution in [1.82, 2.24) is 4.57 Å². The van der Waals surface area contributed by atoms with E-state index in [1.807, 2.05) is 28.8 Å². The quantitative estimate of drug-likeness (QED) is 0.588. The zero-order chi connectivity index (χ0) is 15.8. The van der Waals surface area contributed by atoms with Crippen molar-refractivity contribution in [3.63, 3.8) is 0 Å². The van der Waals surface area contributed by atoms with Crippen LogP contribution in [0, 0.1) is 3.57 Å². The lowest BCUT2D eigenvalue weighted by Gasteiger charge is -2.33. The van der Waals surface area contributed by atoms with Crippen LogP contribution in [0.4, 0.5) is 5.69 Å². The van der Waals surface area contributed by atoms with Crippen LogP contribution in [0.1, 0.15) is 18.9 Å². The summed E-state index contributed by atoms with van der Waals surface area (Å²) in [5.41, 5.74) is 2.84. The first kappa shape index (κ1) is 14.8. The summed E-state index contributed by atoms with van der Waals surface area (Å²) in [4.78, 5) is 14.6. The third-order valence-corrected chi connectivity index (χ3v) is 5.26. The number of benzene rings is 2. The lowest BCUT2D eigenvalue weighted by molar-refractivity contribution is 0.371. The molecule has 1 aromatic heterocycles. The molecule has 0 radical (unpaired) electrons. The number of hydrogen-bond acceptors (Lipinski definition) is 3. The van der Waals surface area contributed by atoms with Crippen LogP contribution in [-0.2, 0) is 0 Å². The van der Waals surface area contributed by atoms with Gasteiger partial charge in [-0.15, -0.1) is 0 Å². The highest BCUT2D eigenvalue weighted by Gasteiger charge is 2.24. The number of hydrogen-bond donors (Lipinski definition) is 0. The molecular weight excluding hydrogens is 403 g/mol. The zero-order valence-electron chi connectivity index (χ0n) is 12.6. The maximum atomic E-state index is 12.2. The van der Waals surface area contributed by atoms with Crippen molar-refractivity contribution in [2.24, 2.45) is 0 Å². The standard InChI is InChI=1S/C18H17IN2O2/c19-13-5-7-14(8-6-13)20-11-9-15(10-12-20)21-16-3-1-2-4-17(16)23-18(21)22/h1-8,15H,9-12H2. The van der Waals surface area contributed by atoms with E-state index in [4.69, 9.17) is 4.42 Å². The van der Waals surface area contributed by atoms with E-state index in [1.165, 1.54) is 9.26 Å². The highest BCUT2D eigenvalue weighted by Crippen LogP contribution is 2.28. The van der Waals surface area contributed by atoms with Crippen LogP contribution in [0.2, 0.25) is 0 Å². The molecule has 0 bridgehead atoms. The lowest BCUT2D eigenvalue weighted by Crippen LogP contribution is -2.36. The molecule has 1 fully saturated rings. The van der Waals surface area contributed by atoms with E-state index in [2.05, 4.69) is 51.8 Å². The van der Waals surface area contributed by atoms with Crippen molar-refractivity contribution in [3.8, 4) is 0 Å². The van der Waals surface area contributed by atoms with Crippen molar-refractivity contribution in [1.29, 1.82) is 0 Å². The van der Waals surface area contributed by atoms with Crippen molar-refractivity contribution in [3.05, 3.63) is 62.7 Å². The number of halogens is 1. The molecule has 0 saturated carbocycles. The van der Waals surface area contributed by atoms with Crippen LogP contribution in [0.25, 0.3) is 11.1 Å². The number of rotatable bonds is 2. The normalized spacial score (nSPS) is 16.1. The molecule has 1 aliphatic rings. The largest absolute Gasteiger partial charge is 0.420 e. The van der Waals surface area contributed by atoms with Gasteiger partial charge < -0.3 is 9.32 Å². The van der Waals surface area contributed by atoms with Crippen molar-refractivity contribution in [2.45, 2.75) is 18.9 Å². The summed E-state index contributed by atoms with van der Waals surface area (Å²) in [6, 6.07) is 16.5. The number of fused-ring (bicyclic) bond motifs is 1. The zero-order valence-corrected chi connectivity index (χ0v) is 14.8. The summed E-state index contributed by atoms with van der Waals surface area (Å²) < 4.78 is 8.45. The molecule has 0 atom stereocenters. The average Bonchev–Trinajstić information content (AvgIpc) is 2.91. The van der Waals surface area contributed by atoms with Crippen LogP contribution in [0.5, 0.6) is 0 Å². The van der Waals surface area contributed by atoms with E-state index in [9.17, 15) is 4.79 Å². The Kier molecular flexibility index (Phi) is 3.88. The van der Waals surface area contributed by atoms with Gasteiger partial charge in [0.2, 0.25) is 0 Å².